The summed E-state index contributed by atoms with van der Waals surface area (Å²) in [4.78, 5) is 8.91. The summed E-state index contributed by atoms with van der Waals surface area (Å²) in [6.45, 7) is 2.50. The van der Waals surface area contributed by atoms with Gasteiger partial charge in [-0.2, -0.15) is 5.10 Å². The van der Waals surface area contributed by atoms with Gasteiger partial charge in [0.2, 0.25) is 0 Å². The second-order valence-corrected chi connectivity index (χ2v) is 6.54. The van der Waals surface area contributed by atoms with Crippen molar-refractivity contribution in [2.24, 2.45) is 7.05 Å². The predicted molar refractivity (Wildman–Crippen MR) is 86.8 cm³/mol. The van der Waals surface area contributed by atoms with Crippen molar-refractivity contribution in [1.82, 2.24) is 24.3 Å². The Labute approximate surface area is 135 Å². The summed E-state index contributed by atoms with van der Waals surface area (Å²) in [6.07, 6.45) is 1.70. The highest BCUT2D eigenvalue weighted by molar-refractivity contribution is 14.1. The Balaban J connectivity index is 2.13. The van der Waals surface area contributed by atoms with Crippen LogP contribution in [-0.4, -0.2) is 24.3 Å². The second-order valence-electron chi connectivity index (χ2n) is 4.64. The van der Waals surface area contributed by atoms with Crippen molar-refractivity contribution in [3.63, 3.8) is 0 Å². The summed E-state index contributed by atoms with van der Waals surface area (Å²) in [6, 6.07) is 6.19. The largest absolute Gasteiger partial charge is 0.319 e. The summed E-state index contributed by atoms with van der Waals surface area (Å²) >= 11 is 8.54. The van der Waals surface area contributed by atoms with Crippen LogP contribution in [0.25, 0.3) is 11.0 Å². The van der Waals surface area contributed by atoms with Crippen LogP contribution in [-0.2, 0) is 13.6 Å². The summed E-state index contributed by atoms with van der Waals surface area (Å²) < 4.78 is 4.93. The molecule has 0 bridgehead atoms. The van der Waals surface area contributed by atoms with Crippen molar-refractivity contribution in [3.05, 3.63) is 39.7 Å². The highest BCUT2D eigenvalue weighted by Crippen LogP contribution is 2.26. The highest BCUT2D eigenvalue weighted by atomic mass is 127. The minimum atomic E-state index is -0.163. The van der Waals surface area contributed by atoms with Crippen molar-refractivity contribution >= 4 is 45.2 Å². The van der Waals surface area contributed by atoms with Crippen molar-refractivity contribution in [3.8, 4) is 0 Å². The fraction of sp³-hybridized carbons (Fsp3) is 0.308. The maximum absolute atomic E-state index is 6.26. The number of benzene rings is 1. The molecule has 0 aliphatic carbocycles. The van der Waals surface area contributed by atoms with Crippen LogP contribution in [0, 0.1) is 3.57 Å². The molecular formula is C13H13ClIN5. The van der Waals surface area contributed by atoms with Crippen LogP contribution in [0.3, 0.4) is 0 Å². The molecule has 2 heterocycles. The van der Waals surface area contributed by atoms with Crippen molar-refractivity contribution in [2.75, 3.05) is 0 Å². The van der Waals surface area contributed by atoms with Crippen molar-refractivity contribution < 1.29 is 0 Å². The van der Waals surface area contributed by atoms with E-state index in [0.29, 0.717) is 6.54 Å². The molecule has 0 saturated carbocycles. The van der Waals surface area contributed by atoms with Crippen LogP contribution in [0.4, 0.5) is 0 Å². The molecule has 0 aliphatic rings. The molecule has 1 aromatic carbocycles. The number of fused-ring (bicyclic) bond motifs is 1. The van der Waals surface area contributed by atoms with Gasteiger partial charge in [0.25, 0.3) is 0 Å². The molecule has 0 fully saturated rings. The molecule has 0 radical (unpaired) electrons. The number of nitrogens with zero attached hydrogens (tertiary/aromatic N) is 5. The maximum atomic E-state index is 6.26. The molecular weight excluding hydrogens is 389 g/mol. The Hall–Kier alpha value is -1.15. The van der Waals surface area contributed by atoms with E-state index >= 15 is 0 Å². The first-order chi connectivity index (χ1) is 9.54. The molecule has 0 spiro atoms. The van der Waals surface area contributed by atoms with E-state index in [0.717, 1.165) is 26.3 Å². The van der Waals surface area contributed by atoms with Gasteiger partial charge in [-0.25, -0.2) is 9.97 Å². The van der Waals surface area contributed by atoms with Gasteiger partial charge in [-0.15, -0.1) is 11.6 Å². The van der Waals surface area contributed by atoms with Crippen LogP contribution in [0.1, 0.15) is 23.9 Å². The zero-order chi connectivity index (χ0) is 14.3. The fourth-order valence-electron chi connectivity index (χ4n) is 2.19. The SMILES string of the molecule is CC(Cl)c1nc2cc(I)ccc2n1Cc1ncn(C)n1. The molecule has 3 rings (SSSR count). The smallest absolute Gasteiger partial charge is 0.170 e. The molecule has 7 heteroatoms. The van der Waals surface area contributed by atoms with Gasteiger partial charge in [0, 0.05) is 10.6 Å². The van der Waals surface area contributed by atoms with E-state index in [1.165, 1.54) is 0 Å². The van der Waals surface area contributed by atoms with Crippen LogP contribution >= 0.6 is 34.2 Å². The zero-order valence-corrected chi connectivity index (χ0v) is 14.0. The zero-order valence-electron chi connectivity index (χ0n) is 11.1. The van der Waals surface area contributed by atoms with Gasteiger partial charge in [0.05, 0.1) is 23.0 Å². The molecule has 0 N–H and O–H groups in total. The van der Waals surface area contributed by atoms with Crippen LogP contribution in [0.15, 0.2) is 24.5 Å². The lowest BCUT2D eigenvalue weighted by atomic mass is 10.3. The molecule has 0 amide bonds. The summed E-state index contributed by atoms with van der Waals surface area (Å²) in [5.74, 6) is 1.60. The number of rotatable bonds is 3. The number of aryl methyl sites for hydroxylation is 1. The van der Waals surface area contributed by atoms with E-state index in [1.54, 1.807) is 11.0 Å². The van der Waals surface area contributed by atoms with Gasteiger partial charge in [0.15, 0.2) is 5.82 Å². The number of hydrogen-bond acceptors (Lipinski definition) is 3. The first-order valence-electron chi connectivity index (χ1n) is 6.19. The lowest BCUT2D eigenvalue weighted by molar-refractivity contribution is 0.684. The number of halogens is 2. The van der Waals surface area contributed by atoms with E-state index in [4.69, 9.17) is 11.6 Å². The van der Waals surface area contributed by atoms with Gasteiger partial charge >= 0.3 is 0 Å². The Morgan fingerprint density at radius 1 is 1.40 bits per heavy atom. The molecule has 0 saturated heterocycles. The topological polar surface area (TPSA) is 48.5 Å². The highest BCUT2D eigenvalue weighted by Gasteiger charge is 2.16. The average molecular weight is 402 g/mol. The van der Waals surface area contributed by atoms with E-state index in [9.17, 15) is 0 Å². The normalized spacial score (nSPS) is 13.0. The molecule has 0 aliphatic heterocycles. The third-order valence-corrected chi connectivity index (χ3v) is 3.91. The molecule has 20 heavy (non-hydrogen) atoms. The van der Waals surface area contributed by atoms with E-state index in [-0.39, 0.29) is 5.38 Å². The Kier molecular flexibility index (Phi) is 3.68. The van der Waals surface area contributed by atoms with Gasteiger partial charge < -0.3 is 4.57 Å². The van der Waals surface area contributed by atoms with Gasteiger partial charge in [0.1, 0.15) is 12.2 Å². The van der Waals surface area contributed by atoms with Gasteiger partial charge in [-0.3, -0.25) is 4.68 Å². The van der Waals surface area contributed by atoms with Crippen LogP contribution in [0.5, 0.6) is 0 Å². The van der Waals surface area contributed by atoms with Crippen molar-refractivity contribution in [1.29, 1.82) is 0 Å². The third-order valence-electron chi connectivity index (χ3n) is 3.04. The average Bonchev–Trinajstić information content (AvgIpc) is 2.94. The number of aromatic nitrogens is 5. The maximum Gasteiger partial charge on any atom is 0.170 e. The number of alkyl halides is 1. The molecule has 1 unspecified atom stereocenters. The summed E-state index contributed by atoms with van der Waals surface area (Å²) in [7, 11) is 1.86. The lowest BCUT2D eigenvalue weighted by Crippen LogP contribution is -2.07. The van der Waals surface area contributed by atoms with Gasteiger partial charge in [-0.1, -0.05) is 0 Å². The minimum Gasteiger partial charge on any atom is -0.319 e. The molecule has 1 atom stereocenters. The molecule has 3 aromatic rings. The predicted octanol–water partition coefficient (Wildman–Crippen LogP) is 3.12. The van der Waals surface area contributed by atoms with Gasteiger partial charge in [-0.05, 0) is 47.7 Å². The minimum absolute atomic E-state index is 0.163. The Bertz CT molecular complexity index is 761. The second kappa shape index (κ2) is 5.33. The summed E-state index contributed by atoms with van der Waals surface area (Å²) in [5, 5.41) is 4.16. The fourth-order valence-corrected chi connectivity index (χ4v) is 2.83. The molecule has 2 aromatic heterocycles. The standard InChI is InChI=1S/C13H13ClIN5/c1-8(14)13-17-10-5-9(15)3-4-11(10)20(13)6-12-16-7-19(2)18-12/h3-5,7-8H,6H2,1-2H3. The molecule has 104 valence electrons. The Morgan fingerprint density at radius 3 is 2.85 bits per heavy atom. The number of hydrogen-bond donors (Lipinski definition) is 0. The van der Waals surface area contributed by atoms with Crippen molar-refractivity contribution in [2.45, 2.75) is 18.8 Å². The first kappa shape index (κ1) is 13.8. The third kappa shape index (κ3) is 2.54. The quantitative estimate of drug-likeness (QED) is 0.500. The van der Waals surface area contributed by atoms with Crippen LogP contribution in [0.2, 0.25) is 0 Å². The lowest BCUT2D eigenvalue weighted by Gasteiger charge is -2.08. The van der Waals surface area contributed by atoms with Crippen LogP contribution < -0.4 is 0 Å². The van der Waals surface area contributed by atoms with E-state index < -0.39 is 0 Å². The van der Waals surface area contributed by atoms with E-state index in [1.807, 2.05) is 14.0 Å². The molecule has 5 nitrogen and oxygen atoms in total. The van der Waals surface area contributed by atoms with E-state index in [2.05, 4.69) is 60.4 Å². The Morgan fingerprint density at radius 2 is 2.20 bits per heavy atom. The first-order valence-corrected chi connectivity index (χ1v) is 7.70. The summed E-state index contributed by atoms with van der Waals surface area (Å²) in [5.41, 5.74) is 2.01. The number of imidazole rings is 1. The monoisotopic (exact) mass is 401 g/mol.